The maximum Gasteiger partial charge on any atom is 0.262 e. The van der Waals surface area contributed by atoms with E-state index in [0.29, 0.717) is 10.6 Å². The summed E-state index contributed by atoms with van der Waals surface area (Å²) in [5.74, 6) is -0.0332. The molecule has 0 fully saturated rings. The second-order valence-electron chi connectivity index (χ2n) is 5.22. The Balaban J connectivity index is 1.92. The lowest BCUT2D eigenvalue weighted by Gasteiger charge is -2.08. The predicted octanol–water partition coefficient (Wildman–Crippen LogP) is 5.14. The number of hydrogen-bond donors (Lipinski definition) is 0. The van der Waals surface area contributed by atoms with E-state index in [9.17, 15) is 4.79 Å². The van der Waals surface area contributed by atoms with E-state index >= 15 is 0 Å². The van der Waals surface area contributed by atoms with E-state index in [4.69, 9.17) is 11.6 Å². The van der Waals surface area contributed by atoms with E-state index < -0.39 is 0 Å². The third kappa shape index (κ3) is 2.00. The van der Waals surface area contributed by atoms with Crippen LogP contribution in [-0.2, 0) is 0 Å². The minimum absolute atomic E-state index is 0.0332. The topological polar surface area (TPSA) is 22.0 Å². The van der Waals surface area contributed by atoms with Crippen LogP contribution in [0.2, 0.25) is 5.02 Å². The van der Waals surface area contributed by atoms with Crippen molar-refractivity contribution in [1.29, 1.82) is 0 Å². The summed E-state index contributed by atoms with van der Waals surface area (Å²) in [7, 11) is 0. The van der Waals surface area contributed by atoms with Gasteiger partial charge in [-0.15, -0.1) is 0 Å². The summed E-state index contributed by atoms with van der Waals surface area (Å²) in [5.41, 5.74) is 1.56. The molecule has 0 bridgehead atoms. The van der Waals surface area contributed by atoms with Crippen LogP contribution in [0, 0.1) is 0 Å². The summed E-state index contributed by atoms with van der Waals surface area (Å²) in [6.07, 6.45) is 1.80. The van der Waals surface area contributed by atoms with Gasteiger partial charge in [0, 0.05) is 22.2 Å². The maximum atomic E-state index is 13.0. The molecule has 1 aromatic heterocycles. The number of benzene rings is 3. The highest BCUT2D eigenvalue weighted by Gasteiger charge is 2.14. The van der Waals surface area contributed by atoms with Crippen molar-refractivity contribution in [3.63, 3.8) is 0 Å². The Morgan fingerprint density at radius 2 is 1.68 bits per heavy atom. The number of hydrogen-bond acceptors (Lipinski definition) is 1. The number of halogens is 1. The molecule has 0 amide bonds. The number of nitrogens with zero attached hydrogens (tertiary/aromatic N) is 1. The molecule has 0 aliphatic heterocycles. The third-order valence-corrected chi connectivity index (χ3v) is 4.13. The van der Waals surface area contributed by atoms with Crippen LogP contribution < -0.4 is 0 Å². The minimum Gasteiger partial charge on any atom is -0.283 e. The Kier molecular flexibility index (Phi) is 2.98. The van der Waals surface area contributed by atoms with Gasteiger partial charge in [0.1, 0.15) is 0 Å². The van der Waals surface area contributed by atoms with Crippen LogP contribution in [0.1, 0.15) is 10.4 Å². The van der Waals surface area contributed by atoms with Gasteiger partial charge in [0.15, 0.2) is 0 Å². The van der Waals surface area contributed by atoms with Crippen molar-refractivity contribution < 1.29 is 4.79 Å². The van der Waals surface area contributed by atoms with Crippen LogP contribution in [0.5, 0.6) is 0 Å². The zero-order chi connectivity index (χ0) is 15.1. The van der Waals surface area contributed by atoms with Crippen molar-refractivity contribution in [3.8, 4) is 0 Å². The molecule has 0 radical (unpaired) electrons. The molecule has 3 heteroatoms. The first-order valence-electron chi connectivity index (χ1n) is 7.03. The first-order chi connectivity index (χ1) is 10.7. The largest absolute Gasteiger partial charge is 0.283 e. The SMILES string of the molecule is O=C(c1cccc2ccccc12)n1ccc2cc(Cl)ccc21. The lowest BCUT2D eigenvalue weighted by Crippen LogP contribution is -2.11. The number of fused-ring (bicyclic) bond motifs is 2. The van der Waals surface area contributed by atoms with Gasteiger partial charge in [-0.3, -0.25) is 9.36 Å². The van der Waals surface area contributed by atoms with Crippen molar-refractivity contribution in [2.45, 2.75) is 0 Å². The van der Waals surface area contributed by atoms with Crippen molar-refractivity contribution in [2.75, 3.05) is 0 Å². The van der Waals surface area contributed by atoms with Gasteiger partial charge in [0.2, 0.25) is 0 Å². The van der Waals surface area contributed by atoms with Crippen molar-refractivity contribution in [2.24, 2.45) is 0 Å². The predicted molar refractivity (Wildman–Crippen MR) is 90.6 cm³/mol. The molecule has 4 rings (SSSR count). The van der Waals surface area contributed by atoms with Gasteiger partial charge >= 0.3 is 0 Å². The van der Waals surface area contributed by atoms with Crippen LogP contribution >= 0.6 is 11.6 Å². The first-order valence-corrected chi connectivity index (χ1v) is 7.41. The molecule has 4 aromatic rings. The van der Waals surface area contributed by atoms with Gasteiger partial charge in [0.25, 0.3) is 5.91 Å². The van der Waals surface area contributed by atoms with E-state index in [2.05, 4.69) is 0 Å². The Labute approximate surface area is 132 Å². The Bertz CT molecular complexity index is 1010. The van der Waals surface area contributed by atoms with Gasteiger partial charge in [-0.2, -0.15) is 0 Å². The van der Waals surface area contributed by atoms with E-state index in [1.54, 1.807) is 16.8 Å². The molecule has 0 saturated heterocycles. The molecule has 3 aromatic carbocycles. The standard InChI is InChI=1S/C19H12ClNO/c20-15-8-9-18-14(12-15)10-11-21(18)19(22)17-7-3-5-13-4-1-2-6-16(13)17/h1-12H. The quantitative estimate of drug-likeness (QED) is 0.477. The van der Waals surface area contributed by atoms with Crippen LogP contribution in [0.3, 0.4) is 0 Å². The molecule has 0 N–H and O–H groups in total. The molecule has 2 nitrogen and oxygen atoms in total. The molecular weight excluding hydrogens is 294 g/mol. The van der Waals surface area contributed by atoms with Crippen LogP contribution in [0.25, 0.3) is 21.7 Å². The zero-order valence-electron chi connectivity index (χ0n) is 11.7. The van der Waals surface area contributed by atoms with Gasteiger partial charge < -0.3 is 0 Å². The molecule has 0 aliphatic rings. The second kappa shape index (κ2) is 5.00. The first kappa shape index (κ1) is 13.1. The molecule has 106 valence electrons. The fourth-order valence-corrected chi connectivity index (χ4v) is 3.01. The number of carbonyl (C=O) groups excluding carboxylic acids is 1. The van der Waals surface area contributed by atoms with Crippen LogP contribution in [0.15, 0.2) is 72.9 Å². The Hall–Kier alpha value is -2.58. The van der Waals surface area contributed by atoms with E-state index in [-0.39, 0.29) is 5.91 Å². The summed E-state index contributed by atoms with van der Waals surface area (Å²) in [4.78, 5) is 13.0. The fraction of sp³-hybridized carbons (Fsp3) is 0. The molecular formula is C19H12ClNO. The summed E-state index contributed by atoms with van der Waals surface area (Å²) in [6.45, 7) is 0. The summed E-state index contributed by atoms with van der Waals surface area (Å²) < 4.78 is 1.67. The summed E-state index contributed by atoms with van der Waals surface area (Å²) >= 11 is 6.01. The molecule has 0 saturated carbocycles. The van der Waals surface area contributed by atoms with E-state index in [1.807, 2.05) is 60.7 Å². The molecule has 0 spiro atoms. The molecule has 0 unspecified atom stereocenters. The highest BCUT2D eigenvalue weighted by atomic mass is 35.5. The zero-order valence-corrected chi connectivity index (χ0v) is 12.4. The average molecular weight is 306 g/mol. The summed E-state index contributed by atoms with van der Waals surface area (Å²) in [5, 5.41) is 3.66. The maximum absolute atomic E-state index is 13.0. The normalized spacial score (nSPS) is 11.1. The van der Waals surface area contributed by atoms with E-state index in [1.165, 1.54) is 0 Å². The fourth-order valence-electron chi connectivity index (χ4n) is 2.83. The number of aromatic nitrogens is 1. The summed E-state index contributed by atoms with van der Waals surface area (Å²) in [6, 6.07) is 21.2. The Morgan fingerprint density at radius 1 is 0.864 bits per heavy atom. The third-order valence-electron chi connectivity index (χ3n) is 3.89. The van der Waals surface area contributed by atoms with Crippen molar-refractivity contribution in [1.82, 2.24) is 4.57 Å². The van der Waals surface area contributed by atoms with Crippen molar-refractivity contribution in [3.05, 3.63) is 83.5 Å². The van der Waals surface area contributed by atoms with Gasteiger partial charge in [0.05, 0.1) is 5.52 Å². The molecule has 0 aliphatic carbocycles. The molecule has 1 heterocycles. The lowest BCUT2D eigenvalue weighted by atomic mass is 10.0. The Morgan fingerprint density at radius 3 is 2.59 bits per heavy atom. The second-order valence-corrected chi connectivity index (χ2v) is 5.66. The van der Waals surface area contributed by atoms with Crippen LogP contribution in [0.4, 0.5) is 0 Å². The minimum atomic E-state index is -0.0332. The van der Waals surface area contributed by atoms with Crippen LogP contribution in [-0.4, -0.2) is 10.5 Å². The molecule has 0 atom stereocenters. The number of carbonyl (C=O) groups is 1. The highest BCUT2D eigenvalue weighted by molar-refractivity contribution is 6.31. The average Bonchev–Trinajstić information content (AvgIpc) is 2.96. The highest BCUT2D eigenvalue weighted by Crippen LogP contribution is 2.24. The monoisotopic (exact) mass is 305 g/mol. The smallest absolute Gasteiger partial charge is 0.262 e. The lowest BCUT2D eigenvalue weighted by molar-refractivity contribution is 0.0966. The van der Waals surface area contributed by atoms with Gasteiger partial charge in [-0.1, -0.05) is 48.0 Å². The van der Waals surface area contributed by atoms with E-state index in [0.717, 1.165) is 21.7 Å². The number of rotatable bonds is 1. The van der Waals surface area contributed by atoms with Gasteiger partial charge in [-0.25, -0.2) is 0 Å². The van der Waals surface area contributed by atoms with Crippen molar-refractivity contribution >= 4 is 39.2 Å². The van der Waals surface area contributed by atoms with Gasteiger partial charge in [-0.05, 0) is 41.1 Å². The molecule has 22 heavy (non-hydrogen) atoms.